The van der Waals surface area contributed by atoms with Crippen LogP contribution in [0.15, 0.2) is 72.8 Å². The Morgan fingerprint density at radius 2 is 1.48 bits per heavy atom. The molecule has 226 valence electrons. The van der Waals surface area contributed by atoms with E-state index in [0.29, 0.717) is 29.3 Å². The number of amides is 1. The van der Waals surface area contributed by atoms with Crippen LogP contribution in [0.5, 0.6) is 5.75 Å². The van der Waals surface area contributed by atoms with E-state index in [-0.39, 0.29) is 13.2 Å². The summed E-state index contributed by atoms with van der Waals surface area (Å²) in [4.78, 5) is 26.3. The molecule has 1 amide bonds. The number of carbonyl (C=O) groups excluding carboxylic acids is 2. The van der Waals surface area contributed by atoms with Gasteiger partial charge in [0, 0.05) is 22.9 Å². The summed E-state index contributed by atoms with van der Waals surface area (Å²) in [7, 11) is 0. The maximum atomic E-state index is 12.9. The van der Waals surface area contributed by atoms with Crippen LogP contribution in [0.1, 0.15) is 58.8 Å². The molecule has 8 nitrogen and oxygen atoms in total. The number of carbonyl (C=O) groups is 2. The van der Waals surface area contributed by atoms with Gasteiger partial charge < -0.3 is 29.5 Å². The van der Waals surface area contributed by atoms with Crippen molar-refractivity contribution >= 4 is 35.0 Å². The molecule has 0 heterocycles. The zero-order valence-corrected chi connectivity index (χ0v) is 25.9. The quantitative estimate of drug-likeness (QED) is 0.224. The molecule has 3 rings (SSSR count). The van der Waals surface area contributed by atoms with E-state index in [4.69, 9.17) is 25.8 Å². The van der Waals surface area contributed by atoms with Crippen molar-refractivity contribution in [2.75, 3.05) is 25.0 Å². The van der Waals surface area contributed by atoms with E-state index in [1.165, 1.54) is 4.90 Å². The van der Waals surface area contributed by atoms with Crippen molar-refractivity contribution in [1.82, 2.24) is 4.90 Å². The minimum absolute atomic E-state index is 0.0758. The first-order valence-electron chi connectivity index (χ1n) is 13.9. The molecule has 0 aliphatic heterocycles. The summed E-state index contributed by atoms with van der Waals surface area (Å²) in [5, 5.41) is 14.7. The van der Waals surface area contributed by atoms with Gasteiger partial charge in [0.15, 0.2) is 6.61 Å². The van der Waals surface area contributed by atoms with Crippen molar-refractivity contribution < 1.29 is 28.9 Å². The van der Waals surface area contributed by atoms with Crippen LogP contribution in [0.2, 0.25) is 5.02 Å². The molecule has 3 aromatic rings. The Bertz CT molecular complexity index is 1310. The molecule has 42 heavy (non-hydrogen) atoms. The van der Waals surface area contributed by atoms with Crippen LogP contribution in [0.4, 0.5) is 16.2 Å². The fourth-order valence-corrected chi connectivity index (χ4v) is 4.14. The molecule has 0 aliphatic carbocycles. The smallest absolute Gasteiger partial charge is 0.410 e. The molecule has 2 N–H and O–H groups in total. The van der Waals surface area contributed by atoms with Crippen molar-refractivity contribution in [3.05, 3.63) is 88.9 Å². The van der Waals surface area contributed by atoms with Crippen molar-refractivity contribution in [2.45, 2.75) is 65.3 Å². The summed E-state index contributed by atoms with van der Waals surface area (Å²) >= 11 is 6.09. The Morgan fingerprint density at radius 1 is 0.881 bits per heavy atom. The SMILES string of the molecule is CC(C)(C)OC(=O)COc1ccc(Nc2ccc(CCN(C[C@H](O)c3cccc(Cl)c3)C(=O)OC(C)(C)C)cc2)cc1. The van der Waals surface area contributed by atoms with Crippen LogP contribution >= 0.6 is 11.6 Å². The van der Waals surface area contributed by atoms with E-state index in [0.717, 1.165) is 16.9 Å². The predicted molar refractivity (Wildman–Crippen MR) is 165 cm³/mol. The molecule has 1 atom stereocenters. The van der Waals surface area contributed by atoms with Crippen molar-refractivity contribution in [2.24, 2.45) is 0 Å². The molecule has 0 fully saturated rings. The fraction of sp³-hybridized carbons (Fsp3) is 0.394. The van der Waals surface area contributed by atoms with Gasteiger partial charge in [0.25, 0.3) is 0 Å². The summed E-state index contributed by atoms with van der Waals surface area (Å²) in [6.07, 6.45) is -0.817. The maximum absolute atomic E-state index is 12.9. The predicted octanol–water partition coefficient (Wildman–Crippen LogP) is 7.32. The van der Waals surface area contributed by atoms with Crippen molar-refractivity contribution in [3.8, 4) is 5.75 Å². The molecular formula is C33H41ClN2O6. The number of benzene rings is 3. The summed E-state index contributed by atoms with van der Waals surface area (Å²) in [6, 6.07) is 22.2. The molecule has 0 saturated carbocycles. The molecule has 0 aliphatic rings. The number of esters is 1. The number of hydrogen-bond acceptors (Lipinski definition) is 7. The minimum atomic E-state index is -0.906. The average Bonchev–Trinajstić information content (AvgIpc) is 2.89. The van der Waals surface area contributed by atoms with Crippen LogP contribution in [0.3, 0.4) is 0 Å². The molecule has 0 radical (unpaired) electrons. The van der Waals surface area contributed by atoms with Gasteiger partial charge in [-0.15, -0.1) is 0 Å². The van der Waals surface area contributed by atoms with Gasteiger partial charge in [-0.25, -0.2) is 9.59 Å². The Kier molecular flexibility index (Phi) is 11.3. The minimum Gasteiger partial charge on any atom is -0.482 e. The third kappa shape index (κ3) is 11.6. The standard InChI is InChI=1S/C33H41ClN2O6/c1-32(2,3)41-30(38)22-40-28-16-14-27(15-17-28)35-26-12-10-23(11-13-26)18-19-36(31(39)42-33(4,5)6)21-29(37)24-8-7-9-25(34)20-24/h7-17,20,29,35,37H,18-19,21-22H2,1-6H3/t29-/m0/s1. The van der Waals surface area contributed by atoms with Crippen LogP contribution in [-0.2, 0) is 20.7 Å². The van der Waals surface area contributed by atoms with Gasteiger partial charge in [-0.1, -0.05) is 35.9 Å². The number of ether oxygens (including phenoxy) is 3. The van der Waals surface area contributed by atoms with Crippen molar-refractivity contribution in [3.63, 3.8) is 0 Å². The first-order chi connectivity index (χ1) is 19.7. The lowest BCUT2D eigenvalue weighted by Crippen LogP contribution is -2.40. The summed E-state index contributed by atoms with van der Waals surface area (Å²) in [5.74, 6) is 0.146. The van der Waals surface area contributed by atoms with Gasteiger partial charge in [-0.3, -0.25) is 0 Å². The highest BCUT2D eigenvalue weighted by Gasteiger charge is 2.25. The van der Waals surface area contributed by atoms with Gasteiger partial charge in [0.1, 0.15) is 17.0 Å². The maximum Gasteiger partial charge on any atom is 0.410 e. The number of nitrogens with zero attached hydrogens (tertiary/aromatic N) is 1. The highest BCUT2D eigenvalue weighted by atomic mass is 35.5. The number of anilines is 2. The van der Waals surface area contributed by atoms with E-state index >= 15 is 0 Å². The highest BCUT2D eigenvalue weighted by molar-refractivity contribution is 6.30. The average molecular weight is 597 g/mol. The van der Waals surface area contributed by atoms with Crippen LogP contribution in [-0.4, -0.2) is 53.0 Å². The number of aliphatic hydroxyl groups is 1. The molecule has 3 aromatic carbocycles. The summed E-state index contributed by atoms with van der Waals surface area (Å²) in [5.41, 5.74) is 2.19. The Balaban J connectivity index is 1.56. The van der Waals surface area contributed by atoms with Crippen molar-refractivity contribution in [1.29, 1.82) is 0 Å². The Labute approximate surface area is 253 Å². The highest BCUT2D eigenvalue weighted by Crippen LogP contribution is 2.23. The van der Waals surface area contributed by atoms with E-state index in [2.05, 4.69) is 5.32 Å². The van der Waals surface area contributed by atoms with E-state index < -0.39 is 29.4 Å². The fourth-order valence-electron chi connectivity index (χ4n) is 3.94. The Morgan fingerprint density at radius 3 is 2.05 bits per heavy atom. The monoisotopic (exact) mass is 596 g/mol. The second kappa shape index (κ2) is 14.4. The van der Waals surface area contributed by atoms with Gasteiger partial charge in [0.05, 0.1) is 12.6 Å². The van der Waals surface area contributed by atoms with E-state index in [1.54, 1.807) is 36.4 Å². The lowest BCUT2D eigenvalue weighted by Gasteiger charge is -2.29. The van der Waals surface area contributed by atoms with Gasteiger partial charge in [-0.05, 0) is 108 Å². The van der Waals surface area contributed by atoms with E-state index in [1.807, 2.05) is 77.9 Å². The molecule has 0 unspecified atom stereocenters. The molecule has 9 heteroatoms. The largest absolute Gasteiger partial charge is 0.482 e. The second-order valence-corrected chi connectivity index (χ2v) is 12.4. The zero-order chi connectivity index (χ0) is 30.9. The third-order valence-corrected chi connectivity index (χ3v) is 6.06. The number of nitrogens with one attached hydrogen (secondary N) is 1. The summed E-state index contributed by atoms with van der Waals surface area (Å²) < 4.78 is 16.4. The molecule has 0 bridgehead atoms. The molecule has 0 saturated heterocycles. The van der Waals surface area contributed by atoms with Gasteiger partial charge in [0.2, 0.25) is 0 Å². The number of hydrogen-bond donors (Lipinski definition) is 2. The topological polar surface area (TPSA) is 97.3 Å². The molecule has 0 aromatic heterocycles. The van der Waals surface area contributed by atoms with E-state index in [9.17, 15) is 14.7 Å². The van der Waals surface area contributed by atoms with Gasteiger partial charge in [-0.2, -0.15) is 0 Å². The van der Waals surface area contributed by atoms with Crippen LogP contribution in [0, 0.1) is 0 Å². The van der Waals surface area contributed by atoms with Gasteiger partial charge >= 0.3 is 12.1 Å². The van der Waals surface area contributed by atoms with Crippen LogP contribution in [0.25, 0.3) is 0 Å². The number of aliphatic hydroxyl groups excluding tert-OH is 1. The second-order valence-electron chi connectivity index (χ2n) is 12.0. The zero-order valence-electron chi connectivity index (χ0n) is 25.1. The molecule has 0 spiro atoms. The normalized spacial score (nSPS) is 12.3. The molecular weight excluding hydrogens is 556 g/mol. The summed E-state index contributed by atoms with van der Waals surface area (Å²) in [6.45, 7) is 11.2. The third-order valence-electron chi connectivity index (χ3n) is 5.82. The number of halogens is 1. The van der Waals surface area contributed by atoms with Crippen LogP contribution < -0.4 is 10.1 Å². The number of rotatable bonds is 11. The first kappa shape index (κ1) is 32.8. The lowest BCUT2D eigenvalue weighted by molar-refractivity contribution is -0.157. The first-order valence-corrected chi connectivity index (χ1v) is 14.3. The Hall–Kier alpha value is -3.75. The lowest BCUT2D eigenvalue weighted by atomic mass is 10.1.